The van der Waals surface area contributed by atoms with Crippen LogP contribution in [-0.2, 0) is 9.59 Å². The topological polar surface area (TPSA) is 78.5 Å². The third-order valence-corrected chi connectivity index (χ3v) is 2.74. The van der Waals surface area contributed by atoms with Crippen molar-refractivity contribution in [3.63, 3.8) is 0 Å². The van der Waals surface area contributed by atoms with Gasteiger partial charge in [0.15, 0.2) is 0 Å². The van der Waals surface area contributed by atoms with Gasteiger partial charge in [0.1, 0.15) is 0 Å². The van der Waals surface area contributed by atoms with E-state index in [1.54, 1.807) is 39.2 Å². The van der Waals surface area contributed by atoms with Gasteiger partial charge in [0.05, 0.1) is 6.54 Å². The molecule has 0 aliphatic carbocycles. The van der Waals surface area contributed by atoms with E-state index in [2.05, 4.69) is 10.6 Å². The average Bonchev–Trinajstić information content (AvgIpc) is 2.38. The molecule has 0 heterocycles. The molecular formula is C14H19N3O3. The summed E-state index contributed by atoms with van der Waals surface area (Å²) < 4.78 is 0. The van der Waals surface area contributed by atoms with E-state index in [1.165, 1.54) is 11.8 Å². The first-order valence-corrected chi connectivity index (χ1v) is 6.18. The molecule has 0 bridgehead atoms. The van der Waals surface area contributed by atoms with Gasteiger partial charge in [-0.15, -0.1) is 0 Å². The number of nitrogens with zero attached hydrogens (tertiary/aromatic N) is 1. The number of hydrogen-bond donors (Lipinski definition) is 2. The highest BCUT2D eigenvalue weighted by Crippen LogP contribution is 2.19. The maximum Gasteiger partial charge on any atom is 0.253 e. The molecular weight excluding hydrogens is 258 g/mol. The van der Waals surface area contributed by atoms with Crippen molar-refractivity contribution in [3.8, 4) is 0 Å². The van der Waals surface area contributed by atoms with Gasteiger partial charge in [0.25, 0.3) is 5.91 Å². The quantitative estimate of drug-likeness (QED) is 0.853. The largest absolute Gasteiger partial charge is 0.347 e. The van der Waals surface area contributed by atoms with E-state index in [0.29, 0.717) is 16.8 Å². The first kappa shape index (κ1) is 15.7. The molecule has 0 aliphatic rings. The minimum atomic E-state index is -0.335. The molecule has 0 aliphatic heterocycles. The zero-order valence-corrected chi connectivity index (χ0v) is 12.1. The lowest BCUT2D eigenvalue weighted by atomic mass is 10.1. The van der Waals surface area contributed by atoms with Crippen LogP contribution in [0.4, 0.5) is 5.69 Å². The second kappa shape index (κ2) is 6.70. The minimum Gasteiger partial charge on any atom is -0.347 e. The molecule has 0 spiro atoms. The lowest BCUT2D eigenvalue weighted by Gasteiger charge is -2.15. The number of hydrogen-bond acceptors (Lipinski definition) is 3. The Balaban J connectivity index is 2.87. The predicted molar refractivity (Wildman–Crippen MR) is 76.5 cm³/mol. The van der Waals surface area contributed by atoms with E-state index in [9.17, 15) is 14.4 Å². The molecule has 6 heteroatoms. The Morgan fingerprint density at radius 2 is 1.85 bits per heavy atom. The van der Waals surface area contributed by atoms with Crippen molar-refractivity contribution in [3.05, 3.63) is 29.3 Å². The van der Waals surface area contributed by atoms with Gasteiger partial charge in [-0.25, -0.2) is 0 Å². The van der Waals surface area contributed by atoms with E-state index >= 15 is 0 Å². The summed E-state index contributed by atoms with van der Waals surface area (Å²) in [7, 11) is 3.34. The highest BCUT2D eigenvalue weighted by Gasteiger charge is 2.14. The summed E-state index contributed by atoms with van der Waals surface area (Å²) in [6.07, 6.45) is 0. The summed E-state index contributed by atoms with van der Waals surface area (Å²) in [6, 6.07) is 5.13. The third-order valence-electron chi connectivity index (χ3n) is 2.74. The minimum absolute atomic E-state index is 0.0966. The fraction of sp³-hybridized carbons (Fsp3) is 0.357. The van der Waals surface area contributed by atoms with Gasteiger partial charge in [0, 0.05) is 32.3 Å². The van der Waals surface area contributed by atoms with Crippen molar-refractivity contribution < 1.29 is 14.4 Å². The highest BCUT2D eigenvalue weighted by molar-refractivity contribution is 6.00. The summed E-state index contributed by atoms with van der Waals surface area (Å²) in [5.41, 5.74) is 1.79. The van der Waals surface area contributed by atoms with Crippen molar-refractivity contribution in [2.45, 2.75) is 13.8 Å². The fourth-order valence-corrected chi connectivity index (χ4v) is 1.64. The molecule has 1 rings (SSSR count). The summed E-state index contributed by atoms with van der Waals surface area (Å²) in [5, 5.41) is 5.09. The van der Waals surface area contributed by atoms with Gasteiger partial charge in [-0.05, 0) is 24.6 Å². The highest BCUT2D eigenvalue weighted by atomic mass is 16.2. The molecule has 0 fully saturated rings. The average molecular weight is 277 g/mol. The molecule has 3 amide bonds. The van der Waals surface area contributed by atoms with Crippen LogP contribution in [0, 0.1) is 6.92 Å². The lowest BCUT2D eigenvalue weighted by Crippen LogP contribution is -2.31. The van der Waals surface area contributed by atoms with Crippen LogP contribution in [0.15, 0.2) is 18.2 Å². The number of anilines is 1. The summed E-state index contributed by atoms with van der Waals surface area (Å²) >= 11 is 0. The summed E-state index contributed by atoms with van der Waals surface area (Å²) in [6.45, 7) is 3.01. The van der Waals surface area contributed by atoms with E-state index in [-0.39, 0.29) is 24.3 Å². The third kappa shape index (κ3) is 4.08. The molecule has 0 radical (unpaired) electrons. The monoisotopic (exact) mass is 277 g/mol. The number of nitrogens with one attached hydrogen (secondary N) is 2. The SMILES string of the molecule is CC(=O)NCC(=O)Nc1cccc(C(=O)N(C)C)c1C. The Labute approximate surface area is 118 Å². The first-order chi connectivity index (χ1) is 9.32. The Bertz CT molecular complexity index is 538. The molecule has 1 aromatic carbocycles. The van der Waals surface area contributed by atoms with Crippen molar-refractivity contribution >= 4 is 23.4 Å². The normalized spacial score (nSPS) is 9.80. The van der Waals surface area contributed by atoms with Gasteiger partial charge in [-0.3, -0.25) is 14.4 Å². The molecule has 0 aromatic heterocycles. The van der Waals surface area contributed by atoms with Crippen molar-refractivity contribution in [1.82, 2.24) is 10.2 Å². The molecule has 0 atom stereocenters. The van der Waals surface area contributed by atoms with Gasteiger partial charge in [-0.2, -0.15) is 0 Å². The maximum absolute atomic E-state index is 12.0. The second-order valence-corrected chi connectivity index (χ2v) is 4.64. The molecule has 1 aromatic rings. The molecule has 20 heavy (non-hydrogen) atoms. The van der Waals surface area contributed by atoms with Crippen molar-refractivity contribution in [1.29, 1.82) is 0 Å². The molecule has 6 nitrogen and oxygen atoms in total. The van der Waals surface area contributed by atoms with Crippen LogP contribution in [0.1, 0.15) is 22.8 Å². The second-order valence-electron chi connectivity index (χ2n) is 4.64. The van der Waals surface area contributed by atoms with Crippen LogP contribution >= 0.6 is 0 Å². The molecule has 2 N–H and O–H groups in total. The van der Waals surface area contributed by atoms with E-state index in [1.807, 2.05) is 0 Å². The molecule has 0 saturated heterocycles. The van der Waals surface area contributed by atoms with Crippen molar-refractivity contribution in [2.75, 3.05) is 26.0 Å². The van der Waals surface area contributed by atoms with Gasteiger partial charge in [-0.1, -0.05) is 6.07 Å². The van der Waals surface area contributed by atoms with Gasteiger partial charge in [0.2, 0.25) is 11.8 Å². The first-order valence-electron chi connectivity index (χ1n) is 6.18. The van der Waals surface area contributed by atoms with E-state index in [0.717, 1.165) is 0 Å². The zero-order valence-electron chi connectivity index (χ0n) is 12.1. The summed E-state index contributed by atoms with van der Waals surface area (Å²) in [4.78, 5) is 35.9. The standard InChI is InChI=1S/C14H19N3O3/c1-9-11(14(20)17(3)4)6-5-7-12(9)16-13(19)8-15-10(2)18/h5-7H,8H2,1-4H3,(H,15,18)(H,16,19). The Morgan fingerprint density at radius 3 is 2.40 bits per heavy atom. The Kier molecular flexibility index (Phi) is 5.25. The van der Waals surface area contributed by atoms with E-state index < -0.39 is 0 Å². The summed E-state index contributed by atoms with van der Waals surface area (Å²) in [5.74, 6) is -0.730. The van der Waals surface area contributed by atoms with Crippen LogP contribution in [0.25, 0.3) is 0 Å². The number of amides is 3. The lowest BCUT2D eigenvalue weighted by molar-refractivity contribution is -0.122. The fourth-order valence-electron chi connectivity index (χ4n) is 1.64. The number of carbonyl (C=O) groups is 3. The smallest absolute Gasteiger partial charge is 0.253 e. The van der Waals surface area contributed by atoms with Gasteiger partial charge < -0.3 is 15.5 Å². The van der Waals surface area contributed by atoms with E-state index in [4.69, 9.17) is 0 Å². The molecule has 108 valence electrons. The zero-order chi connectivity index (χ0) is 15.3. The number of benzene rings is 1. The van der Waals surface area contributed by atoms with Crippen LogP contribution < -0.4 is 10.6 Å². The predicted octanol–water partition coefficient (Wildman–Crippen LogP) is 0.771. The van der Waals surface area contributed by atoms with Crippen LogP contribution in [0.3, 0.4) is 0 Å². The van der Waals surface area contributed by atoms with Gasteiger partial charge >= 0.3 is 0 Å². The molecule has 0 unspecified atom stereocenters. The number of carbonyl (C=O) groups excluding carboxylic acids is 3. The Hall–Kier alpha value is -2.37. The van der Waals surface area contributed by atoms with Crippen LogP contribution in [0.5, 0.6) is 0 Å². The number of rotatable bonds is 4. The Morgan fingerprint density at radius 1 is 1.20 bits per heavy atom. The van der Waals surface area contributed by atoms with Crippen LogP contribution in [-0.4, -0.2) is 43.3 Å². The molecule has 0 saturated carbocycles. The maximum atomic E-state index is 12.0. The van der Waals surface area contributed by atoms with Crippen molar-refractivity contribution in [2.24, 2.45) is 0 Å². The van der Waals surface area contributed by atoms with Crippen LogP contribution in [0.2, 0.25) is 0 Å².